The maximum atomic E-state index is 11.7. The highest BCUT2D eigenvalue weighted by Gasteiger charge is 2.20. The number of aromatic amines is 1. The quantitative estimate of drug-likeness (QED) is 0.888. The Balaban J connectivity index is 1.55. The average Bonchev–Trinajstić information content (AvgIpc) is 2.87. The third-order valence-electron chi connectivity index (χ3n) is 3.75. The van der Waals surface area contributed by atoms with Gasteiger partial charge in [-0.05, 0) is 17.7 Å². The molecule has 0 radical (unpaired) electrons. The molecule has 0 fully saturated rings. The second-order valence-electron chi connectivity index (χ2n) is 5.25. The smallest absolute Gasteiger partial charge is 0.293 e. The Bertz CT molecular complexity index is 759. The first-order valence-corrected chi connectivity index (χ1v) is 7.10. The van der Waals surface area contributed by atoms with Gasteiger partial charge in [0.2, 0.25) is 12.5 Å². The summed E-state index contributed by atoms with van der Waals surface area (Å²) < 4.78 is 16.2. The summed E-state index contributed by atoms with van der Waals surface area (Å²) in [5.41, 5.74) is 1.56. The number of benzene rings is 1. The minimum absolute atomic E-state index is 0.227. The van der Waals surface area contributed by atoms with Crippen LogP contribution in [-0.4, -0.2) is 34.8 Å². The summed E-state index contributed by atoms with van der Waals surface area (Å²) >= 11 is 0. The lowest BCUT2D eigenvalue weighted by Gasteiger charge is -2.18. The van der Waals surface area contributed by atoms with Crippen molar-refractivity contribution in [3.05, 3.63) is 46.1 Å². The first kappa shape index (κ1) is 13.1. The minimum Gasteiger partial charge on any atom is -0.485 e. The van der Waals surface area contributed by atoms with Crippen molar-refractivity contribution in [2.24, 2.45) is 0 Å². The maximum Gasteiger partial charge on any atom is 0.293 e. The Morgan fingerprint density at radius 1 is 1.23 bits per heavy atom. The van der Waals surface area contributed by atoms with Gasteiger partial charge < -0.3 is 19.2 Å². The van der Waals surface area contributed by atoms with Crippen LogP contribution in [0.25, 0.3) is 0 Å². The van der Waals surface area contributed by atoms with Crippen molar-refractivity contribution in [2.45, 2.75) is 13.1 Å². The molecule has 1 N–H and O–H groups in total. The van der Waals surface area contributed by atoms with Crippen LogP contribution in [0.2, 0.25) is 0 Å². The molecule has 0 saturated heterocycles. The average molecular weight is 301 g/mol. The molecule has 1 aromatic heterocycles. The van der Waals surface area contributed by atoms with Gasteiger partial charge in [0.25, 0.3) is 5.56 Å². The van der Waals surface area contributed by atoms with Gasteiger partial charge in [-0.2, -0.15) is 0 Å². The highest BCUT2D eigenvalue weighted by molar-refractivity contribution is 5.44. The fourth-order valence-electron chi connectivity index (χ4n) is 2.69. The van der Waals surface area contributed by atoms with Gasteiger partial charge in [0.1, 0.15) is 12.3 Å². The maximum absolute atomic E-state index is 11.7. The van der Waals surface area contributed by atoms with E-state index in [4.69, 9.17) is 14.2 Å². The molecule has 2 aliphatic rings. The van der Waals surface area contributed by atoms with E-state index < -0.39 is 0 Å². The van der Waals surface area contributed by atoms with Crippen LogP contribution in [0.15, 0.2) is 29.3 Å². The molecule has 7 heteroatoms. The second kappa shape index (κ2) is 5.34. The van der Waals surface area contributed by atoms with Crippen molar-refractivity contribution in [2.75, 3.05) is 19.9 Å². The largest absolute Gasteiger partial charge is 0.485 e. The lowest BCUT2D eigenvalue weighted by atomic mass is 10.2. The topological polar surface area (TPSA) is 76.7 Å². The molecule has 1 aromatic carbocycles. The Morgan fingerprint density at radius 3 is 3.09 bits per heavy atom. The van der Waals surface area contributed by atoms with Crippen LogP contribution >= 0.6 is 0 Å². The molecule has 22 heavy (non-hydrogen) atoms. The second-order valence-corrected chi connectivity index (χ2v) is 5.25. The molecule has 0 saturated carbocycles. The molecule has 0 aliphatic carbocycles. The van der Waals surface area contributed by atoms with Crippen molar-refractivity contribution >= 4 is 0 Å². The molecule has 2 aromatic rings. The third kappa shape index (κ3) is 2.39. The minimum atomic E-state index is -0.227. The summed E-state index contributed by atoms with van der Waals surface area (Å²) in [5, 5.41) is 0. The highest BCUT2D eigenvalue weighted by Crippen LogP contribution is 2.33. The van der Waals surface area contributed by atoms with E-state index in [1.165, 1.54) is 6.33 Å². The number of nitrogens with one attached hydrogen (secondary N) is 1. The molecule has 2 aliphatic heterocycles. The molecule has 0 amide bonds. The number of nitrogens with zero attached hydrogens (tertiary/aromatic N) is 2. The number of hydrogen-bond donors (Lipinski definition) is 1. The normalized spacial score (nSPS) is 16.7. The predicted molar refractivity (Wildman–Crippen MR) is 77.0 cm³/mol. The van der Waals surface area contributed by atoms with Gasteiger partial charge in [0, 0.05) is 19.6 Å². The number of ether oxygens (including phenoxy) is 3. The molecule has 0 spiro atoms. The zero-order chi connectivity index (χ0) is 14.9. The Labute approximate surface area is 126 Å². The van der Waals surface area contributed by atoms with Crippen LogP contribution in [0.3, 0.4) is 0 Å². The van der Waals surface area contributed by atoms with E-state index >= 15 is 0 Å². The molecular weight excluding hydrogens is 286 g/mol. The van der Waals surface area contributed by atoms with Crippen LogP contribution in [0.4, 0.5) is 0 Å². The van der Waals surface area contributed by atoms with Crippen molar-refractivity contribution in [3.63, 3.8) is 0 Å². The van der Waals surface area contributed by atoms with Gasteiger partial charge in [-0.15, -0.1) is 0 Å². The van der Waals surface area contributed by atoms with Crippen molar-refractivity contribution in [1.82, 2.24) is 14.9 Å². The molecule has 114 valence electrons. The molecule has 7 nitrogen and oxygen atoms in total. The van der Waals surface area contributed by atoms with Gasteiger partial charge in [-0.1, -0.05) is 6.07 Å². The van der Waals surface area contributed by atoms with E-state index in [9.17, 15) is 4.79 Å². The van der Waals surface area contributed by atoms with Crippen molar-refractivity contribution in [1.29, 1.82) is 0 Å². The Kier molecular flexibility index (Phi) is 3.19. The fourth-order valence-corrected chi connectivity index (χ4v) is 2.69. The Morgan fingerprint density at radius 2 is 2.14 bits per heavy atom. The SMILES string of the molecule is O=c1[nH]cnc2c1OCCN(Cc1ccc3c(c1)OCO3)C2. The lowest BCUT2D eigenvalue weighted by molar-refractivity contribution is 0.174. The van der Waals surface area contributed by atoms with Crippen LogP contribution in [-0.2, 0) is 13.1 Å². The van der Waals surface area contributed by atoms with E-state index in [2.05, 4.69) is 14.9 Å². The van der Waals surface area contributed by atoms with Crippen LogP contribution in [0.1, 0.15) is 11.3 Å². The molecule has 4 rings (SSSR count). The standard InChI is InChI=1S/C15H15N3O4/c19-15-14-11(16-8-17-15)7-18(3-4-20-14)6-10-1-2-12-13(5-10)22-9-21-12/h1-2,5,8H,3-4,6-7,9H2,(H,16,17,19). The van der Waals surface area contributed by atoms with Crippen LogP contribution < -0.4 is 19.8 Å². The summed E-state index contributed by atoms with van der Waals surface area (Å²) in [6.45, 7) is 2.77. The summed E-state index contributed by atoms with van der Waals surface area (Å²) in [6.07, 6.45) is 1.41. The molecule has 0 unspecified atom stereocenters. The van der Waals surface area contributed by atoms with Crippen molar-refractivity contribution in [3.8, 4) is 17.2 Å². The number of rotatable bonds is 2. The van der Waals surface area contributed by atoms with Crippen molar-refractivity contribution < 1.29 is 14.2 Å². The highest BCUT2D eigenvalue weighted by atomic mass is 16.7. The van der Waals surface area contributed by atoms with E-state index in [1.807, 2.05) is 18.2 Å². The van der Waals surface area contributed by atoms with Crippen LogP contribution in [0.5, 0.6) is 17.2 Å². The van der Waals surface area contributed by atoms with E-state index in [0.29, 0.717) is 24.6 Å². The van der Waals surface area contributed by atoms with Gasteiger partial charge in [0.05, 0.1) is 6.33 Å². The van der Waals surface area contributed by atoms with Gasteiger partial charge in [0.15, 0.2) is 11.5 Å². The zero-order valence-electron chi connectivity index (χ0n) is 11.9. The predicted octanol–water partition coefficient (Wildman–Crippen LogP) is 0.893. The Hall–Kier alpha value is -2.54. The number of H-pyrrole nitrogens is 1. The summed E-state index contributed by atoms with van der Waals surface area (Å²) in [5.74, 6) is 1.88. The van der Waals surface area contributed by atoms with E-state index in [1.54, 1.807) is 0 Å². The molecule has 0 bridgehead atoms. The number of hydrogen-bond acceptors (Lipinski definition) is 6. The van der Waals surface area contributed by atoms with Gasteiger partial charge in [-0.3, -0.25) is 9.69 Å². The lowest BCUT2D eigenvalue weighted by Crippen LogP contribution is -2.25. The first-order valence-electron chi connectivity index (χ1n) is 7.10. The number of aromatic nitrogens is 2. The molecule has 0 atom stereocenters. The fraction of sp³-hybridized carbons (Fsp3) is 0.333. The van der Waals surface area contributed by atoms with Crippen LogP contribution in [0, 0.1) is 0 Å². The summed E-state index contributed by atoms with van der Waals surface area (Å²) in [6, 6.07) is 5.93. The molecular formula is C15H15N3O4. The first-order chi connectivity index (χ1) is 10.8. The third-order valence-corrected chi connectivity index (χ3v) is 3.75. The summed E-state index contributed by atoms with van der Waals surface area (Å²) in [4.78, 5) is 20.7. The monoisotopic (exact) mass is 301 g/mol. The zero-order valence-corrected chi connectivity index (χ0v) is 11.9. The number of fused-ring (bicyclic) bond motifs is 2. The van der Waals surface area contributed by atoms with Gasteiger partial charge >= 0.3 is 0 Å². The summed E-state index contributed by atoms with van der Waals surface area (Å²) in [7, 11) is 0. The molecule has 3 heterocycles. The van der Waals surface area contributed by atoms with E-state index in [0.717, 1.165) is 30.2 Å². The van der Waals surface area contributed by atoms with Gasteiger partial charge in [-0.25, -0.2) is 4.98 Å². The van der Waals surface area contributed by atoms with E-state index in [-0.39, 0.29) is 12.4 Å².